The lowest BCUT2D eigenvalue weighted by Gasteiger charge is -2.19. The normalized spacial score (nSPS) is 10.3. The van der Waals surface area contributed by atoms with Gasteiger partial charge in [0.15, 0.2) is 0 Å². The highest BCUT2D eigenvalue weighted by Gasteiger charge is 2.31. The van der Waals surface area contributed by atoms with E-state index in [4.69, 9.17) is 0 Å². The van der Waals surface area contributed by atoms with Gasteiger partial charge in [0, 0.05) is 12.4 Å². The van der Waals surface area contributed by atoms with Crippen LogP contribution in [0.3, 0.4) is 0 Å². The number of aromatic nitrogens is 2. The van der Waals surface area contributed by atoms with Gasteiger partial charge in [-0.3, -0.25) is 9.59 Å². The van der Waals surface area contributed by atoms with Gasteiger partial charge in [-0.05, 0) is 30.3 Å². The fourth-order valence-electron chi connectivity index (χ4n) is 2.19. The van der Waals surface area contributed by atoms with Crippen LogP contribution >= 0.6 is 0 Å². The van der Waals surface area contributed by atoms with E-state index < -0.39 is 23.4 Å². The molecule has 124 valence electrons. The van der Waals surface area contributed by atoms with Gasteiger partial charge in [0.05, 0.1) is 11.1 Å². The van der Waals surface area contributed by atoms with E-state index in [9.17, 15) is 18.4 Å². The Hall–Kier alpha value is -3.48. The molecule has 25 heavy (non-hydrogen) atoms. The van der Waals surface area contributed by atoms with Crippen LogP contribution in [-0.4, -0.2) is 21.8 Å². The predicted molar refractivity (Wildman–Crippen MR) is 86.0 cm³/mol. The number of nitrogens with zero attached hydrogens (tertiary/aromatic N) is 3. The van der Waals surface area contributed by atoms with Gasteiger partial charge in [0.1, 0.15) is 11.6 Å². The van der Waals surface area contributed by atoms with Gasteiger partial charge in [0.2, 0.25) is 5.95 Å². The van der Waals surface area contributed by atoms with Crippen molar-refractivity contribution >= 4 is 17.8 Å². The van der Waals surface area contributed by atoms with Crippen LogP contribution in [0.4, 0.5) is 14.7 Å². The van der Waals surface area contributed by atoms with Crippen molar-refractivity contribution in [2.24, 2.45) is 0 Å². The van der Waals surface area contributed by atoms with Gasteiger partial charge in [-0.25, -0.2) is 23.6 Å². The zero-order chi connectivity index (χ0) is 17.8. The van der Waals surface area contributed by atoms with Crippen LogP contribution < -0.4 is 4.90 Å². The number of rotatable bonds is 3. The largest absolute Gasteiger partial charge is 0.270 e. The van der Waals surface area contributed by atoms with E-state index in [1.54, 1.807) is 0 Å². The fraction of sp³-hybridized carbons (Fsp3) is 0. The Morgan fingerprint density at radius 3 is 1.60 bits per heavy atom. The summed E-state index contributed by atoms with van der Waals surface area (Å²) in [5.74, 6) is -3.87. The molecule has 0 aliphatic carbocycles. The minimum atomic E-state index is -0.988. The monoisotopic (exact) mass is 339 g/mol. The number of carbonyl (C=O) groups is 2. The lowest BCUT2D eigenvalue weighted by atomic mass is 10.1. The van der Waals surface area contributed by atoms with E-state index in [0.29, 0.717) is 4.90 Å². The highest BCUT2D eigenvalue weighted by Crippen LogP contribution is 2.19. The Labute approximate surface area is 141 Å². The van der Waals surface area contributed by atoms with Gasteiger partial charge in [-0.1, -0.05) is 24.3 Å². The lowest BCUT2D eigenvalue weighted by Crippen LogP contribution is -2.39. The van der Waals surface area contributed by atoms with Crippen molar-refractivity contribution in [1.82, 2.24) is 9.97 Å². The highest BCUT2D eigenvalue weighted by atomic mass is 19.1. The van der Waals surface area contributed by atoms with Crippen LogP contribution in [0.2, 0.25) is 0 Å². The molecule has 5 nitrogen and oxygen atoms in total. The summed E-state index contributed by atoms with van der Waals surface area (Å²) in [5.41, 5.74) is -0.695. The summed E-state index contributed by atoms with van der Waals surface area (Å²) in [6.07, 6.45) is 2.64. The standard InChI is InChI=1S/C18H11F2N3O2/c19-14-8-3-1-6-12(14)16(24)23(18-21-10-5-11-22-18)17(25)13-7-2-4-9-15(13)20/h1-11H. The molecule has 0 saturated carbocycles. The van der Waals surface area contributed by atoms with Crippen molar-refractivity contribution in [3.63, 3.8) is 0 Å². The van der Waals surface area contributed by atoms with Crippen LogP contribution in [0.5, 0.6) is 0 Å². The maximum absolute atomic E-state index is 14.0. The van der Waals surface area contributed by atoms with E-state index >= 15 is 0 Å². The van der Waals surface area contributed by atoms with Gasteiger partial charge >= 0.3 is 0 Å². The number of carbonyl (C=O) groups excluding carboxylic acids is 2. The second-order valence-electron chi connectivity index (χ2n) is 4.95. The van der Waals surface area contributed by atoms with E-state index in [0.717, 1.165) is 12.1 Å². The molecule has 0 radical (unpaired) electrons. The first-order valence-electron chi connectivity index (χ1n) is 7.24. The topological polar surface area (TPSA) is 63.2 Å². The molecular formula is C18H11F2N3O2. The van der Waals surface area contributed by atoms with Crippen LogP contribution in [-0.2, 0) is 0 Å². The minimum absolute atomic E-state index is 0.274. The molecule has 0 bridgehead atoms. The number of hydrogen-bond donors (Lipinski definition) is 0. The summed E-state index contributed by atoms with van der Waals surface area (Å²) in [6.45, 7) is 0. The summed E-state index contributed by atoms with van der Waals surface area (Å²) >= 11 is 0. The molecule has 0 unspecified atom stereocenters. The number of imide groups is 1. The molecular weight excluding hydrogens is 328 g/mol. The Bertz CT molecular complexity index is 875. The highest BCUT2D eigenvalue weighted by molar-refractivity contribution is 6.25. The van der Waals surface area contributed by atoms with Gasteiger partial charge in [-0.15, -0.1) is 0 Å². The van der Waals surface area contributed by atoms with E-state index in [-0.39, 0.29) is 17.1 Å². The fourth-order valence-corrected chi connectivity index (χ4v) is 2.19. The molecule has 0 atom stereocenters. The van der Waals surface area contributed by atoms with Gasteiger partial charge in [0.25, 0.3) is 11.8 Å². The molecule has 3 rings (SSSR count). The number of amides is 2. The number of benzene rings is 2. The molecule has 2 aromatic carbocycles. The summed E-state index contributed by atoms with van der Waals surface area (Å²) in [6, 6.07) is 11.8. The second kappa shape index (κ2) is 6.96. The van der Waals surface area contributed by atoms with E-state index in [1.807, 2.05) is 0 Å². The second-order valence-corrected chi connectivity index (χ2v) is 4.95. The van der Waals surface area contributed by atoms with Crippen LogP contribution in [0.15, 0.2) is 67.0 Å². The average Bonchev–Trinajstić information content (AvgIpc) is 2.63. The molecule has 0 aliphatic rings. The quantitative estimate of drug-likeness (QED) is 0.687. The number of halogens is 2. The summed E-state index contributed by atoms with van der Waals surface area (Å²) in [5, 5.41) is 0. The summed E-state index contributed by atoms with van der Waals surface area (Å²) in [7, 11) is 0. The summed E-state index contributed by atoms with van der Waals surface area (Å²) in [4.78, 5) is 33.8. The SMILES string of the molecule is O=C(c1ccccc1F)N(C(=O)c1ccccc1F)c1ncccn1. The van der Waals surface area contributed by atoms with Crippen molar-refractivity contribution < 1.29 is 18.4 Å². The van der Waals surface area contributed by atoms with Crippen LogP contribution in [0.1, 0.15) is 20.7 Å². The molecule has 1 heterocycles. The molecule has 0 spiro atoms. The molecule has 0 aliphatic heterocycles. The molecule has 3 aromatic rings. The number of anilines is 1. The number of hydrogen-bond acceptors (Lipinski definition) is 4. The van der Waals surface area contributed by atoms with E-state index in [2.05, 4.69) is 9.97 Å². The molecule has 0 fully saturated rings. The molecule has 1 aromatic heterocycles. The maximum atomic E-state index is 14.0. The van der Waals surface area contributed by atoms with Gasteiger partial charge < -0.3 is 0 Å². The first kappa shape index (κ1) is 16.4. The average molecular weight is 339 g/mol. The predicted octanol–water partition coefficient (Wildman–Crippen LogP) is 3.24. The Morgan fingerprint density at radius 1 is 0.720 bits per heavy atom. The minimum Gasteiger partial charge on any atom is -0.268 e. The van der Waals surface area contributed by atoms with Crippen molar-refractivity contribution in [3.8, 4) is 0 Å². The van der Waals surface area contributed by atoms with Crippen molar-refractivity contribution in [2.45, 2.75) is 0 Å². The van der Waals surface area contributed by atoms with Crippen molar-refractivity contribution in [1.29, 1.82) is 0 Å². The van der Waals surface area contributed by atoms with Crippen molar-refractivity contribution in [2.75, 3.05) is 4.90 Å². The summed E-state index contributed by atoms with van der Waals surface area (Å²) < 4.78 is 28.0. The Morgan fingerprint density at radius 2 is 1.16 bits per heavy atom. The van der Waals surface area contributed by atoms with E-state index in [1.165, 1.54) is 54.9 Å². The molecule has 0 saturated heterocycles. The zero-order valence-corrected chi connectivity index (χ0v) is 12.8. The van der Waals surface area contributed by atoms with Gasteiger partial charge in [-0.2, -0.15) is 0 Å². The zero-order valence-electron chi connectivity index (χ0n) is 12.8. The van der Waals surface area contributed by atoms with Crippen LogP contribution in [0.25, 0.3) is 0 Å². The smallest absolute Gasteiger partial charge is 0.268 e. The maximum Gasteiger partial charge on any atom is 0.270 e. The van der Waals surface area contributed by atoms with Crippen LogP contribution in [0, 0.1) is 11.6 Å². The third-order valence-corrected chi connectivity index (χ3v) is 3.37. The molecule has 0 N–H and O–H groups in total. The lowest BCUT2D eigenvalue weighted by molar-refractivity contribution is 0.0891. The first-order valence-corrected chi connectivity index (χ1v) is 7.24. The Balaban J connectivity index is 2.11. The third-order valence-electron chi connectivity index (χ3n) is 3.37. The molecule has 7 heteroatoms. The molecule has 2 amide bonds. The Kier molecular flexibility index (Phi) is 4.56. The van der Waals surface area contributed by atoms with Crippen molar-refractivity contribution in [3.05, 3.63) is 89.8 Å². The first-order chi connectivity index (χ1) is 12.1. The third kappa shape index (κ3) is 3.25.